The highest BCUT2D eigenvalue weighted by atomic mass is 32.2. The van der Waals surface area contributed by atoms with E-state index in [0.29, 0.717) is 12.2 Å². The van der Waals surface area contributed by atoms with E-state index in [-0.39, 0.29) is 24.0 Å². The first-order valence-corrected chi connectivity index (χ1v) is 7.45. The largest absolute Gasteiger partial charge is 0.384 e. The summed E-state index contributed by atoms with van der Waals surface area (Å²) in [6, 6.07) is 0. The maximum atomic E-state index is 11.8. The van der Waals surface area contributed by atoms with Crippen molar-refractivity contribution in [1.82, 2.24) is 15.1 Å². The summed E-state index contributed by atoms with van der Waals surface area (Å²) in [5.74, 6) is -0.136. The smallest absolute Gasteiger partial charge is 0.224 e. The molecule has 100 valence electrons. The van der Waals surface area contributed by atoms with E-state index >= 15 is 0 Å². The zero-order chi connectivity index (χ0) is 13.3. The molecule has 1 aliphatic rings. The monoisotopic (exact) mass is 272 g/mol. The number of anilines is 1. The van der Waals surface area contributed by atoms with Gasteiger partial charge in [0.05, 0.1) is 23.6 Å². The number of carbonyl (C=O) groups excluding carboxylic acids is 1. The maximum absolute atomic E-state index is 11.8. The summed E-state index contributed by atoms with van der Waals surface area (Å²) in [4.78, 5) is 11.8. The lowest BCUT2D eigenvalue weighted by Gasteiger charge is -2.08. The SMILES string of the molecule is Cn1ncc(CNC(=O)C2CCS(=O)(=O)C2)c1N. The molecule has 0 bridgehead atoms. The van der Waals surface area contributed by atoms with Crippen molar-refractivity contribution in [2.75, 3.05) is 17.2 Å². The van der Waals surface area contributed by atoms with Gasteiger partial charge in [-0.2, -0.15) is 5.10 Å². The van der Waals surface area contributed by atoms with Crippen LogP contribution in [0.3, 0.4) is 0 Å². The van der Waals surface area contributed by atoms with Gasteiger partial charge in [-0.15, -0.1) is 0 Å². The summed E-state index contributed by atoms with van der Waals surface area (Å²) in [6.07, 6.45) is 1.98. The Balaban J connectivity index is 1.91. The second-order valence-electron chi connectivity index (χ2n) is 4.50. The average molecular weight is 272 g/mol. The van der Waals surface area contributed by atoms with E-state index in [1.165, 1.54) is 4.68 Å². The Kier molecular flexibility index (Phi) is 3.29. The Labute approximate surface area is 105 Å². The van der Waals surface area contributed by atoms with E-state index < -0.39 is 15.8 Å². The number of nitrogen functional groups attached to an aromatic ring is 1. The van der Waals surface area contributed by atoms with Crippen molar-refractivity contribution in [1.29, 1.82) is 0 Å². The maximum Gasteiger partial charge on any atom is 0.224 e. The number of carbonyl (C=O) groups is 1. The number of nitrogens with two attached hydrogens (primary N) is 1. The fourth-order valence-corrected chi connectivity index (χ4v) is 3.70. The van der Waals surface area contributed by atoms with Gasteiger partial charge in [0.15, 0.2) is 9.84 Å². The number of nitrogens with zero attached hydrogens (tertiary/aromatic N) is 2. The van der Waals surface area contributed by atoms with Gasteiger partial charge in [0.1, 0.15) is 5.82 Å². The van der Waals surface area contributed by atoms with Crippen molar-refractivity contribution >= 4 is 21.6 Å². The number of aromatic nitrogens is 2. The standard InChI is InChI=1S/C10H16N4O3S/c1-14-9(11)8(5-13-14)4-12-10(15)7-2-3-18(16,17)6-7/h5,7H,2-4,6,11H2,1H3,(H,12,15). The van der Waals surface area contributed by atoms with Crippen LogP contribution in [0.2, 0.25) is 0 Å². The van der Waals surface area contributed by atoms with Gasteiger partial charge in [0.25, 0.3) is 0 Å². The first-order chi connectivity index (χ1) is 8.39. The Hall–Kier alpha value is -1.57. The quantitative estimate of drug-likeness (QED) is 0.738. The molecule has 1 aromatic heterocycles. The molecule has 18 heavy (non-hydrogen) atoms. The minimum Gasteiger partial charge on any atom is -0.384 e. The molecule has 1 aliphatic heterocycles. The molecule has 0 saturated carbocycles. The highest BCUT2D eigenvalue weighted by Crippen LogP contribution is 2.18. The van der Waals surface area contributed by atoms with Crippen LogP contribution in [0.1, 0.15) is 12.0 Å². The van der Waals surface area contributed by atoms with Crippen molar-refractivity contribution in [3.63, 3.8) is 0 Å². The van der Waals surface area contributed by atoms with Crippen LogP contribution in [0.15, 0.2) is 6.20 Å². The van der Waals surface area contributed by atoms with E-state index in [9.17, 15) is 13.2 Å². The van der Waals surface area contributed by atoms with Gasteiger partial charge in [0, 0.05) is 19.2 Å². The molecule has 1 aromatic rings. The molecule has 1 atom stereocenters. The molecule has 3 N–H and O–H groups in total. The second-order valence-corrected chi connectivity index (χ2v) is 6.73. The fourth-order valence-electron chi connectivity index (χ4n) is 1.96. The number of aryl methyl sites for hydroxylation is 1. The third kappa shape index (κ3) is 2.63. The summed E-state index contributed by atoms with van der Waals surface area (Å²) in [6.45, 7) is 0.273. The molecule has 1 amide bonds. The van der Waals surface area contributed by atoms with Crippen molar-refractivity contribution < 1.29 is 13.2 Å². The van der Waals surface area contributed by atoms with Gasteiger partial charge in [-0.05, 0) is 6.42 Å². The average Bonchev–Trinajstić information content (AvgIpc) is 2.81. The molecular weight excluding hydrogens is 256 g/mol. The highest BCUT2D eigenvalue weighted by Gasteiger charge is 2.32. The fraction of sp³-hybridized carbons (Fsp3) is 0.600. The van der Waals surface area contributed by atoms with Crippen LogP contribution in [0.25, 0.3) is 0 Å². The Morgan fingerprint density at radius 2 is 2.39 bits per heavy atom. The third-order valence-corrected chi connectivity index (χ3v) is 4.89. The summed E-state index contributed by atoms with van der Waals surface area (Å²) in [5.41, 5.74) is 6.47. The van der Waals surface area contributed by atoms with E-state index in [0.717, 1.165) is 5.56 Å². The number of hydrogen-bond donors (Lipinski definition) is 2. The Morgan fingerprint density at radius 3 is 2.89 bits per heavy atom. The molecule has 2 rings (SSSR count). The Morgan fingerprint density at radius 1 is 1.67 bits per heavy atom. The number of nitrogens with one attached hydrogen (secondary N) is 1. The lowest BCUT2D eigenvalue weighted by atomic mass is 10.1. The van der Waals surface area contributed by atoms with Crippen molar-refractivity contribution in [3.8, 4) is 0 Å². The molecule has 1 unspecified atom stereocenters. The van der Waals surface area contributed by atoms with Crippen molar-refractivity contribution in [3.05, 3.63) is 11.8 Å². The number of sulfone groups is 1. The summed E-state index contributed by atoms with van der Waals surface area (Å²) in [5, 5.41) is 6.66. The molecule has 1 saturated heterocycles. The van der Waals surface area contributed by atoms with Crippen molar-refractivity contribution in [2.24, 2.45) is 13.0 Å². The zero-order valence-corrected chi connectivity index (χ0v) is 10.9. The van der Waals surface area contributed by atoms with Gasteiger partial charge in [-0.1, -0.05) is 0 Å². The molecule has 0 radical (unpaired) electrons. The summed E-state index contributed by atoms with van der Waals surface area (Å²) < 4.78 is 24.0. The van der Waals surface area contributed by atoms with Crippen LogP contribution in [-0.2, 0) is 28.2 Å². The topological polar surface area (TPSA) is 107 Å². The van der Waals surface area contributed by atoms with E-state index in [4.69, 9.17) is 5.73 Å². The number of rotatable bonds is 3. The minimum absolute atomic E-state index is 0.0542. The van der Waals surface area contributed by atoms with Crippen LogP contribution in [0.5, 0.6) is 0 Å². The molecular formula is C10H16N4O3S. The molecule has 1 fully saturated rings. The normalized spacial score (nSPS) is 21.9. The molecule has 0 aliphatic carbocycles. The third-order valence-electron chi connectivity index (χ3n) is 3.12. The lowest BCUT2D eigenvalue weighted by molar-refractivity contribution is -0.124. The molecule has 8 heteroatoms. The van der Waals surface area contributed by atoms with E-state index in [2.05, 4.69) is 10.4 Å². The van der Waals surface area contributed by atoms with Gasteiger partial charge < -0.3 is 11.1 Å². The first-order valence-electron chi connectivity index (χ1n) is 5.63. The van der Waals surface area contributed by atoms with Gasteiger partial charge in [-0.25, -0.2) is 8.42 Å². The van der Waals surface area contributed by atoms with Crippen LogP contribution >= 0.6 is 0 Å². The minimum atomic E-state index is -3.03. The van der Waals surface area contributed by atoms with Crippen LogP contribution in [0, 0.1) is 5.92 Å². The van der Waals surface area contributed by atoms with Crippen LogP contribution in [-0.4, -0.2) is 35.6 Å². The predicted molar refractivity (Wildman–Crippen MR) is 66.2 cm³/mol. The van der Waals surface area contributed by atoms with E-state index in [1.807, 2.05) is 0 Å². The number of hydrogen-bond acceptors (Lipinski definition) is 5. The molecule has 0 aromatic carbocycles. The first kappa shape index (κ1) is 12.9. The van der Waals surface area contributed by atoms with Gasteiger partial charge >= 0.3 is 0 Å². The lowest BCUT2D eigenvalue weighted by Crippen LogP contribution is -2.31. The van der Waals surface area contributed by atoms with Crippen LogP contribution in [0.4, 0.5) is 5.82 Å². The zero-order valence-electron chi connectivity index (χ0n) is 10.1. The van der Waals surface area contributed by atoms with Gasteiger partial charge in [0.2, 0.25) is 5.91 Å². The number of amides is 1. The molecule has 0 spiro atoms. The summed E-state index contributed by atoms with van der Waals surface area (Å²) in [7, 11) is -1.32. The van der Waals surface area contributed by atoms with Crippen LogP contribution < -0.4 is 11.1 Å². The predicted octanol–water partition coefficient (Wildman–Crippen LogP) is -0.947. The second kappa shape index (κ2) is 4.60. The highest BCUT2D eigenvalue weighted by molar-refractivity contribution is 7.91. The van der Waals surface area contributed by atoms with Crippen molar-refractivity contribution in [2.45, 2.75) is 13.0 Å². The molecule has 7 nitrogen and oxygen atoms in total. The summed E-state index contributed by atoms with van der Waals surface area (Å²) >= 11 is 0. The van der Waals surface area contributed by atoms with Gasteiger partial charge in [-0.3, -0.25) is 9.48 Å². The molecule has 2 heterocycles. The Bertz CT molecular complexity index is 564. The van der Waals surface area contributed by atoms with E-state index in [1.54, 1.807) is 13.2 Å².